The largest absolute Gasteiger partial charge is 0.496 e. The van der Waals surface area contributed by atoms with Crippen LogP contribution in [0.3, 0.4) is 0 Å². The van der Waals surface area contributed by atoms with Gasteiger partial charge in [-0.05, 0) is 30.3 Å². The molecule has 0 fully saturated rings. The first-order chi connectivity index (χ1) is 12.1. The summed E-state index contributed by atoms with van der Waals surface area (Å²) in [5.41, 5.74) is 1.20. The van der Waals surface area contributed by atoms with Crippen LogP contribution in [0, 0.1) is 0 Å². The summed E-state index contributed by atoms with van der Waals surface area (Å²) in [5, 5.41) is 2.71. The van der Waals surface area contributed by atoms with Gasteiger partial charge >= 0.3 is 5.97 Å². The van der Waals surface area contributed by atoms with E-state index in [1.807, 2.05) is 0 Å². The highest BCUT2D eigenvalue weighted by molar-refractivity contribution is 8.00. The fourth-order valence-corrected chi connectivity index (χ4v) is 3.17. The number of thioether (sulfide) groups is 1. The Bertz CT molecular complexity index is 849. The van der Waals surface area contributed by atoms with Gasteiger partial charge in [-0.2, -0.15) is 0 Å². The summed E-state index contributed by atoms with van der Waals surface area (Å²) in [6, 6.07) is 11.6. The SMILES string of the molecule is COc1ccccc1C(=O)COC(=O)c1ccc2c(c1)NC(=O)CS2. The van der Waals surface area contributed by atoms with Crippen molar-refractivity contribution in [2.45, 2.75) is 4.90 Å². The number of hydrogen-bond donors (Lipinski definition) is 1. The molecular weight excluding hydrogens is 342 g/mol. The van der Waals surface area contributed by atoms with E-state index in [1.54, 1.807) is 42.5 Å². The lowest BCUT2D eigenvalue weighted by atomic mass is 10.1. The van der Waals surface area contributed by atoms with Gasteiger partial charge in [0, 0.05) is 4.90 Å². The molecule has 0 aromatic heterocycles. The summed E-state index contributed by atoms with van der Waals surface area (Å²) in [4.78, 5) is 36.7. The fourth-order valence-electron chi connectivity index (χ4n) is 2.38. The quantitative estimate of drug-likeness (QED) is 0.655. The van der Waals surface area contributed by atoms with Crippen LogP contribution < -0.4 is 10.1 Å². The van der Waals surface area contributed by atoms with Crippen molar-refractivity contribution in [3.05, 3.63) is 53.6 Å². The molecule has 0 unspecified atom stereocenters. The van der Waals surface area contributed by atoms with E-state index in [-0.39, 0.29) is 17.3 Å². The summed E-state index contributed by atoms with van der Waals surface area (Å²) in [5.74, 6) is -0.320. The number of ketones is 1. The average molecular weight is 357 g/mol. The lowest BCUT2D eigenvalue weighted by Gasteiger charge is -2.16. The third-order valence-corrected chi connectivity index (χ3v) is 4.66. The number of Topliss-reactive ketones (excluding diaryl/α,β-unsaturated/α-hetero) is 1. The van der Waals surface area contributed by atoms with E-state index in [0.717, 1.165) is 4.90 Å². The summed E-state index contributed by atoms with van der Waals surface area (Å²) in [7, 11) is 1.47. The molecule has 1 heterocycles. The number of benzene rings is 2. The van der Waals surface area contributed by atoms with Gasteiger partial charge in [0.05, 0.1) is 29.7 Å². The number of ether oxygens (including phenoxy) is 2. The predicted octanol–water partition coefficient (Wildman–Crippen LogP) is 2.78. The molecule has 1 aliphatic heterocycles. The van der Waals surface area contributed by atoms with Crippen LogP contribution in [0.2, 0.25) is 0 Å². The maximum absolute atomic E-state index is 12.2. The summed E-state index contributed by atoms with van der Waals surface area (Å²) in [6.45, 7) is -0.391. The van der Waals surface area contributed by atoms with E-state index >= 15 is 0 Å². The number of amides is 1. The van der Waals surface area contributed by atoms with Gasteiger partial charge < -0.3 is 14.8 Å². The van der Waals surface area contributed by atoms with Gasteiger partial charge in [-0.3, -0.25) is 9.59 Å². The molecule has 7 heteroatoms. The maximum atomic E-state index is 12.2. The number of anilines is 1. The molecule has 2 aromatic rings. The highest BCUT2D eigenvalue weighted by atomic mass is 32.2. The van der Waals surface area contributed by atoms with E-state index in [2.05, 4.69) is 5.32 Å². The van der Waals surface area contributed by atoms with Crippen LogP contribution in [0.5, 0.6) is 5.75 Å². The Balaban J connectivity index is 1.68. The Labute approximate surface area is 148 Å². The summed E-state index contributed by atoms with van der Waals surface area (Å²) < 4.78 is 10.2. The number of methoxy groups -OCH3 is 1. The Morgan fingerprint density at radius 2 is 2.00 bits per heavy atom. The molecule has 2 aromatic carbocycles. The molecule has 1 aliphatic rings. The molecule has 3 rings (SSSR count). The number of nitrogens with one attached hydrogen (secondary N) is 1. The first-order valence-corrected chi connectivity index (χ1v) is 8.47. The second-order valence-corrected chi connectivity index (χ2v) is 6.26. The average Bonchev–Trinajstić information content (AvgIpc) is 2.65. The number of carbonyl (C=O) groups is 3. The van der Waals surface area contributed by atoms with E-state index in [9.17, 15) is 14.4 Å². The molecule has 1 N–H and O–H groups in total. The molecule has 0 radical (unpaired) electrons. The number of carbonyl (C=O) groups excluding carboxylic acids is 3. The Morgan fingerprint density at radius 3 is 2.80 bits per heavy atom. The van der Waals surface area contributed by atoms with Crippen LogP contribution in [0.1, 0.15) is 20.7 Å². The zero-order valence-corrected chi connectivity index (χ0v) is 14.2. The van der Waals surface area contributed by atoms with Crippen LogP contribution in [0.15, 0.2) is 47.4 Å². The highest BCUT2D eigenvalue weighted by Crippen LogP contribution is 2.32. The van der Waals surface area contributed by atoms with Gasteiger partial charge in [-0.15, -0.1) is 11.8 Å². The van der Waals surface area contributed by atoms with Crippen molar-refractivity contribution in [3.8, 4) is 5.75 Å². The minimum absolute atomic E-state index is 0.116. The van der Waals surface area contributed by atoms with Gasteiger partial charge in [-0.1, -0.05) is 12.1 Å². The van der Waals surface area contributed by atoms with E-state index in [0.29, 0.717) is 22.8 Å². The van der Waals surface area contributed by atoms with Crippen LogP contribution in [-0.2, 0) is 9.53 Å². The number of esters is 1. The molecule has 6 nitrogen and oxygen atoms in total. The Hall–Kier alpha value is -2.80. The monoisotopic (exact) mass is 357 g/mol. The third kappa shape index (κ3) is 3.83. The van der Waals surface area contributed by atoms with E-state index in [4.69, 9.17) is 9.47 Å². The zero-order chi connectivity index (χ0) is 17.8. The molecule has 1 amide bonds. The lowest BCUT2D eigenvalue weighted by molar-refractivity contribution is -0.113. The van der Waals surface area contributed by atoms with Crippen LogP contribution >= 0.6 is 11.8 Å². The van der Waals surface area contributed by atoms with Crippen molar-refractivity contribution in [2.75, 3.05) is 24.8 Å². The van der Waals surface area contributed by atoms with Crippen LogP contribution in [0.4, 0.5) is 5.69 Å². The molecule has 0 saturated carbocycles. The van der Waals surface area contributed by atoms with Gasteiger partial charge in [0.1, 0.15) is 5.75 Å². The molecule has 0 spiro atoms. The third-order valence-electron chi connectivity index (χ3n) is 3.59. The van der Waals surface area contributed by atoms with E-state index < -0.39 is 12.6 Å². The zero-order valence-electron chi connectivity index (χ0n) is 13.4. The molecule has 0 saturated heterocycles. The van der Waals surface area contributed by atoms with E-state index in [1.165, 1.54) is 18.9 Å². The molecule has 0 atom stereocenters. The Morgan fingerprint density at radius 1 is 1.20 bits per heavy atom. The fraction of sp³-hybridized carbons (Fsp3) is 0.167. The first kappa shape index (κ1) is 17.0. The summed E-state index contributed by atoms with van der Waals surface area (Å²) >= 11 is 1.40. The van der Waals surface area contributed by atoms with Crippen LogP contribution in [-0.4, -0.2) is 37.1 Å². The van der Waals surface area contributed by atoms with Crippen molar-refractivity contribution in [3.63, 3.8) is 0 Å². The second kappa shape index (κ2) is 7.40. The van der Waals surface area contributed by atoms with Crippen molar-refractivity contribution >= 4 is 35.1 Å². The number of fused-ring (bicyclic) bond motifs is 1. The topological polar surface area (TPSA) is 81.7 Å². The van der Waals surface area contributed by atoms with Gasteiger partial charge in [0.15, 0.2) is 6.61 Å². The molecule has 0 bridgehead atoms. The lowest BCUT2D eigenvalue weighted by Crippen LogP contribution is -2.19. The predicted molar refractivity (Wildman–Crippen MR) is 93.4 cm³/mol. The highest BCUT2D eigenvalue weighted by Gasteiger charge is 2.19. The second-order valence-electron chi connectivity index (χ2n) is 5.25. The molecular formula is C18H15NO5S. The number of rotatable bonds is 5. The standard InChI is InChI=1S/C18H15NO5S/c1-23-15-5-3-2-4-12(15)14(20)9-24-18(22)11-6-7-16-13(8-11)19-17(21)10-25-16/h2-8H,9-10H2,1H3,(H,19,21). The van der Waals surface area contributed by atoms with Crippen LogP contribution in [0.25, 0.3) is 0 Å². The van der Waals surface area contributed by atoms with Crippen molar-refractivity contribution in [2.24, 2.45) is 0 Å². The van der Waals surface area contributed by atoms with Crippen molar-refractivity contribution in [1.82, 2.24) is 0 Å². The maximum Gasteiger partial charge on any atom is 0.338 e. The van der Waals surface area contributed by atoms with Gasteiger partial charge in [0.2, 0.25) is 11.7 Å². The smallest absolute Gasteiger partial charge is 0.338 e. The number of para-hydroxylation sites is 1. The minimum Gasteiger partial charge on any atom is -0.496 e. The molecule has 0 aliphatic carbocycles. The molecule has 25 heavy (non-hydrogen) atoms. The first-order valence-electron chi connectivity index (χ1n) is 7.48. The van der Waals surface area contributed by atoms with Gasteiger partial charge in [-0.25, -0.2) is 4.79 Å². The van der Waals surface area contributed by atoms with Gasteiger partial charge in [0.25, 0.3) is 0 Å². The molecule has 128 valence electrons. The summed E-state index contributed by atoms with van der Waals surface area (Å²) in [6.07, 6.45) is 0. The minimum atomic E-state index is -0.629. The normalized spacial score (nSPS) is 12.8. The van der Waals surface area contributed by atoms with Crippen molar-refractivity contribution < 1.29 is 23.9 Å². The van der Waals surface area contributed by atoms with Crippen molar-refractivity contribution in [1.29, 1.82) is 0 Å². The Kier molecular flexibility index (Phi) is 5.04. The number of hydrogen-bond acceptors (Lipinski definition) is 6.